The van der Waals surface area contributed by atoms with Crippen molar-refractivity contribution in [3.05, 3.63) is 70.5 Å². The van der Waals surface area contributed by atoms with E-state index in [9.17, 15) is 4.79 Å². The normalized spacial score (nSPS) is 11.2. The highest BCUT2D eigenvalue weighted by molar-refractivity contribution is 5.80. The van der Waals surface area contributed by atoms with E-state index in [1.807, 2.05) is 64.1 Å². The number of carbonyl (C=O) groups is 1. The molecule has 0 saturated heterocycles. The molecule has 29 heavy (non-hydrogen) atoms. The van der Waals surface area contributed by atoms with Gasteiger partial charge in [-0.05, 0) is 45.9 Å². The minimum Gasteiger partial charge on any atom is -0.459 e. The average molecular weight is 389 g/mol. The van der Waals surface area contributed by atoms with E-state index >= 15 is 0 Å². The van der Waals surface area contributed by atoms with Gasteiger partial charge in [-0.15, -0.1) is 0 Å². The molecule has 7 heteroatoms. The fourth-order valence-electron chi connectivity index (χ4n) is 3.46. The zero-order chi connectivity index (χ0) is 20.5. The number of rotatable bonds is 5. The van der Waals surface area contributed by atoms with Gasteiger partial charge in [0.25, 0.3) is 5.95 Å². The Morgan fingerprint density at radius 3 is 2.52 bits per heavy atom. The number of para-hydroxylation sites is 1. The van der Waals surface area contributed by atoms with Crippen LogP contribution in [0.2, 0.25) is 0 Å². The van der Waals surface area contributed by atoms with Crippen molar-refractivity contribution in [3.63, 3.8) is 0 Å². The van der Waals surface area contributed by atoms with Gasteiger partial charge in [-0.2, -0.15) is 5.10 Å². The molecule has 3 heterocycles. The van der Waals surface area contributed by atoms with Crippen LogP contribution in [-0.4, -0.2) is 25.7 Å². The summed E-state index contributed by atoms with van der Waals surface area (Å²) in [6.07, 6.45) is 0.239. The largest absolute Gasteiger partial charge is 0.459 e. The second kappa shape index (κ2) is 7.50. The minimum atomic E-state index is -0.0856. The maximum Gasteiger partial charge on any atom is 0.251 e. The van der Waals surface area contributed by atoms with Crippen molar-refractivity contribution in [1.29, 1.82) is 0 Å². The van der Waals surface area contributed by atoms with E-state index in [1.165, 1.54) is 0 Å². The molecule has 0 aliphatic carbocycles. The van der Waals surface area contributed by atoms with Crippen LogP contribution < -0.4 is 5.32 Å². The summed E-state index contributed by atoms with van der Waals surface area (Å²) in [6, 6.07) is 11.7. The first-order chi connectivity index (χ1) is 13.9. The van der Waals surface area contributed by atoms with E-state index in [2.05, 4.69) is 20.4 Å². The van der Waals surface area contributed by atoms with Crippen LogP contribution in [0.1, 0.15) is 34.1 Å². The molecular formula is C22H23N5O2. The standard InChI is InChI=1S/C22H23N5O2/c1-13-9-14(2)25-22(24-13)27-16(4)19(15(3)26-27)11-21(28)23-12-18-10-17-7-5-6-8-20(17)29-18/h5-10H,11-12H2,1-4H3,(H,23,28). The molecule has 0 unspecified atom stereocenters. The summed E-state index contributed by atoms with van der Waals surface area (Å²) in [4.78, 5) is 21.5. The predicted molar refractivity (Wildman–Crippen MR) is 110 cm³/mol. The summed E-state index contributed by atoms with van der Waals surface area (Å²) in [5.74, 6) is 1.17. The summed E-state index contributed by atoms with van der Waals surface area (Å²) in [5.41, 5.74) is 5.12. The molecule has 0 radical (unpaired) electrons. The first-order valence-corrected chi connectivity index (χ1v) is 9.52. The molecule has 7 nitrogen and oxygen atoms in total. The molecule has 0 aliphatic heterocycles. The summed E-state index contributed by atoms with van der Waals surface area (Å²) in [6.45, 7) is 8.03. The maximum absolute atomic E-state index is 12.5. The highest BCUT2D eigenvalue weighted by Crippen LogP contribution is 2.19. The molecule has 0 fully saturated rings. The van der Waals surface area contributed by atoms with Crippen LogP contribution in [0.4, 0.5) is 0 Å². The van der Waals surface area contributed by atoms with Crippen molar-refractivity contribution in [2.24, 2.45) is 0 Å². The Hall–Kier alpha value is -3.48. The molecule has 0 saturated carbocycles. The summed E-state index contributed by atoms with van der Waals surface area (Å²) >= 11 is 0. The Balaban J connectivity index is 1.48. The Labute approximate surface area is 168 Å². The zero-order valence-electron chi connectivity index (χ0n) is 17.0. The van der Waals surface area contributed by atoms with Crippen molar-refractivity contribution in [3.8, 4) is 5.95 Å². The molecule has 0 bridgehead atoms. The van der Waals surface area contributed by atoms with E-state index in [4.69, 9.17) is 4.42 Å². The SMILES string of the molecule is Cc1cc(C)nc(-n2nc(C)c(CC(=O)NCc3cc4ccccc4o3)c2C)n1. The number of fused-ring (bicyclic) bond motifs is 1. The van der Waals surface area contributed by atoms with E-state index in [1.54, 1.807) is 4.68 Å². The third-order valence-corrected chi connectivity index (χ3v) is 4.87. The van der Waals surface area contributed by atoms with Crippen molar-refractivity contribution in [2.75, 3.05) is 0 Å². The molecule has 1 amide bonds. The van der Waals surface area contributed by atoms with Gasteiger partial charge < -0.3 is 9.73 Å². The first kappa shape index (κ1) is 18.9. The molecule has 1 N–H and O–H groups in total. The van der Waals surface area contributed by atoms with Crippen molar-refractivity contribution < 1.29 is 9.21 Å². The van der Waals surface area contributed by atoms with Gasteiger partial charge in [-0.25, -0.2) is 14.6 Å². The van der Waals surface area contributed by atoms with Gasteiger partial charge in [-0.1, -0.05) is 18.2 Å². The third kappa shape index (κ3) is 3.89. The van der Waals surface area contributed by atoms with Crippen molar-refractivity contribution in [2.45, 2.75) is 40.7 Å². The van der Waals surface area contributed by atoms with Crippen LogP contribution in [0.3, 0.4) is 0 Å². The maximum atomic E-state index is 12.5. The Morgan fingerprint density at radius 2 is 1.79 bits per heavy atom. The van der Waals surface area contributed by atoms with E-state index in [-0.39, 0.29) is 12.3 Å². The van der Waals surface area contributed by atoms with Crippen LogP contribution in [-0.2, 0) is 17.8 Å². The molecule has 148 valence electrons. The number of benzene rings is 1. The lowest BCUT2D eigenvalue weighted by Gasteiger charge is -2.06. The average Bonchev–Trinajstić information content (AvgIpc) is 3.21. The van der Waals surface area contributed by atoms with Gasteiger partial charge in [0.15, 0.2) is 0 Å². The zero-order valence-corrected chi connectivity index (χ0v) is 17.0. The Bertz CT molecular complexity index is 1150. The van der Waals surface area contributed by atoms with Crippen LogP contribution >= 0.6 is 0 Å². The van der Waals surface area contributed by atoms with Crippen LogP contribution in [0.15, 0.2) is 40.8 Å². The highest BCUT2D eigenvalue weighted by atomic mass is 16.3. The first-order valence-electron chi connectivity index (χ1n) is 9.52. The molecule has 1 aromatic carbocycles. The number of aryl methyl sites for hydroxylation is 3. The second-order valence-corrected chi connectivity index (χ2v) is 7.22. The smallest absolute Gasteiger partial charge is 0.251 e. The lowest BCUT2D eigenvalue weighted by molar-refractivity contribution is -0.120. The summed E-state index contributed by atoms with van der Waals surface area (Å²) < 4.78 is 7.46. The van der Waals surface area contributed by atoms with Crippen LogP contribution in [0.5, 0.6) is 0 Å². The number of nitrogens with zero attached hydrogens (tertiary/aromatic N) is 4. The Kier molecular flexibility index (Phi) is 4.88. The third-order valence-electron chi connectivity index (χ3n) is 4.87. The van der Waals surface area contributed by atoms with Gasteiger partial charge in [0.2, 0.25) is 5.91 Å². The molecule has 4 rings (SSSR count). The predicted octanol–water partition coefficient (Wildman–Crippen LogP) is 3.50. The molecule has 0 spiro atoms. The Morgan fingerprint density at radius 1 is 1.07 bits per heavy atom. The van der Waals surface area contributed by atoms with Crippen molar-refractivity contribution in [1.82, 2.24) is 25.1 Å². The molecule has 4 aromatic rings. The highest BCUT2D eigenvalue weighted by Gasteiger charge is 2.18. The number of amides is 1. The molecule has 0 atom stereocenters. The van der Waals surface area contributed by atoms with E-state index in [0.717, 1.165) is 45.1 Å². The quantitative estimate of drug-likeness (QED) is 0.565. The lowest BCUT2D eigenvalue weighted by Crippen LogP contribution is -2.24. The monoisotopic (exact) mass is 389 g/mol. The fourth-order valence-corrected chi connectivity index (χ4v) is 3.46. The molecule has 3 aromatic heterocycles. The molecular weight excluding hydrogens is 366 g/mol. The minimum absolute atomic E-state index is 0.0856. The number of nitrogens with one attached hydrogen (secondary N) is 1. The fraction of sp³-hybridized carbons (Fsp3) is 0.273. The van der Waals surface area contributed by atoms with Crippen LogP contribution in [0.25, 0.3) is 16.9 Å². The van der Waals surface area contributed by atoms with Gasteiger partial charge in [0.1, 0.15) is 11.3 Å². The second-order valence-electron chi connectivity index (χ2n) is 7.22. The van der Waals surface area contributed by atoms with Crippen LogP contribution in [0, 0.1) is 27.7 Å². The van der Waals surface area contributed by atoms with E-state index < -0.39 is 0 Å². The van der Waals surface area contributed by atoms with Gasteiger partial charge in [-0.3, -0.25) is 4.79 Å². The topological polar surface area (TPSA) is 85.8 Å². The summed E-state index contributed by atoms with van der Waals surface area (Å²) in [7, 11) is 0. The number of hydrogen-bond donors (Lipinski definition) is 1. The van der Waals surface area contributed by atoms with Gasteiger partial charge >= 0.3 is 0 Å². The lowest BCUT2D eigenvalue weighted by atomic mass is 10.1. The number of furan rings is 1. The van der Waals surface area contributed by atoms with Gasteiger partial charge in [0, 0.05) is 28.0 Å². The van der Waals surface area contributed by atoms with Crippen molar-refractivity contribution >= 4 is 16.9 Å². The summed E-state index contributed by atoms with van der Waals surface area (Å²) in [5, 5.41) is 8.51. The number of carbonyl (C=O) groups excluding carboxylic acids is 1. The van der Waals surface area contributed by atoms with Gasteiger partial charge in [0.05, 0.1) is 18.7 Å². The van der Waals surface area contributed by atoms with E-state index in [0.29, 0.717) is 12.5 Å². The number of aromatic nitrogens is 4. The number of hydrogen-bond acceptors (Lipinski definition) is 5. The molecule has 0 aliphatic rings.